The van der Waals surface area contributed by atoms with E-state index in [1.807, 2.05) is 19.1 Å². The summed E-state index contributed by atoms with van der Waals surface area (Å²) >= 11 is 1.52. The van der Waals surface area contributed by atoms with E-state index in [1.54, 1.807) is 12.1 Å². The van der Waals surface area contributed by atoms with Crippen LogP contribution in [0.4, 0.5) is 0 Å². The molecule has 0 aromatic carbocycles. The summed E-state index contributed by atoms with van der Waals surface area (Å²) in [6, 6.07) is 7.23. The second kappa shape index (κ2) is 5.05. The molecule has 2 aromatic heterocycles. The molecule has 0 N–H and O–H groups in total. The molecule has 106 valence electrons. The van der Waals surface area contributed by atoms with Gasteiger partial charge in [-0.25, -0.2) is 4.79 Å². The molecule has 0 amide bonds. The van der Waals surface area contributed by atoms with Crippen molar-refractivity contribution in [3.63, 3.8) is 0 Å². The fourth-order valence-corrected chi connectivity index (χ4v) is 3.07. The van der Waals surface area contributed by atoms with E-state index in [1.165, 1.54) is 18.4 Å². The fourth-order valence-electron chi connectivity index (χ4n) is 2.05. The molecule has 0 unspecified atom stereocenters. The van der Waals surface area contributed by atoms with E-state index in [4.69, 9.17) is 13.9 Å². The predicted octanol–water partition coefficient (Wildman–Crippen LogP) is 3.01. The van der Waals surface area contributed by atoms with Gasteiger partial charge in [0.25, 0.3) is 0 Å². The molecule has 2 aromatic rings. The van der Waals surface area contributed by atoms with Crippen LogP contribution in [-0.2, 0) is 20.0 Å². The summed E-state index contributed by atoms with van der Waals surface area (Å²) in [7, 11) is 1.32. The number of carbonyl (C=O) groups excluding carboxylic acids is 1. The Hall–Kier alpha value is -1.63. The maximum Gasteiger partial charge on any atom is 0.373 e. The lowest BCUT2D eigenvalue weighted by Crippen LogP contribution is -2.20. The highest BCUT2D eigenvalue weighted by Crippen LogP contribution is 2.39. The van der Waals surface area contributed by atoms with Crippen molar-refractivity contribution < 1.29 is 23.4 Å². The molecule has 0 atom stereocenters. The molecule has 1 aliphatic rings. The van der Waals surface area contributed by atoms with Gasteiger partial charge in [0.1, 0.15) is 5.76 Å². The first kappa shape index (κ1) is 13.4. The van der Waals surface area contributed by atoms with Gasteiger partial charge in [-0.15, -0.1) is 11.3 Å². The van der Waals surface area contributed by atoms with Gasteiger partial charge < -0.3 is 18.6 Å². The van der Waals surface area contributed by atoms with Gasteiger partial charge in [0.15, 0.2) is 0 Å². The van der Waals surface area contributed by atoms with E-state index in [0.29, 0.717) is 19.0 Å². The lowest BCUT2D eigenvalue weighted by molar-refractivity contribution is -0.146. The lowest BCUT2D eigenvalue weighted by atomic mass is 10.2. The van der Waals surface area contributed by atoms with E-state index in [9.17, 15) is 4.79 Å². The van der Waals surface area contributed by atoms with Gasteiger partial charge in [-0.1, -0.05) is 0 Å². The predicted molar refractivity (Wildman–Crippen MR) is 72.6 cm³/mol. The molecule has 0 radical (unpaired) electrons. The Morgan fingerprint density at radius 1 is 1.25 bits per heavy atom. The zero-order chi connectivity index (χ0) is 14.2. The van der Waals surface area contributed by atoms with Crippen LogP contribution in [0.15, 0.2) is 28.7 Å². The minimum Gasteiger partial charge on any atom is -0.463 e. The van der Waals surface area contributed by atoms with Crippen molar-refractivity contribution in [1.82, 2.24) is 0 Å². The Labute approximate surface area is 120 Å². The van der Waals surface area contributed by atoms with Crippen molar-refractivity contribution in [2.75, 3.05) is 20.3 Å². The number of hydrogen-bond donors (Lipinski definition) is 0. The number of hydrogen-bond acceptors (Lipinski definition) is 6. The summed E-state index contributed by atoms with van der Waals surface area (Å²) < 4.78 is 21.3. The average Bonchev–Trinajstić information content (AvgIpc) is 3.17. The van der Waals surface area contributed by atoms with Crippen molar-refractivity contribution >= 4 is 17.3 Å². The van der Waals surface area contributed by atoms with Crippen LogP contribution in [0.25, 0.3) is 10.6 Å². The highest BCUT2D eigenvalue weighted by Gasteiger charge is 2.34. The highest BCUT2D eigenvalue weighted by atomic mass is 32.1. The topological polar surface area (TPSA) is 57.9 Å². The first-order valence-electron chi connectivity index (χ1n) is 6.19. The van der Waals surface area contributed by atoms with Crippen molar-refractivity contribution in [1.29, 1.82) is 0 Å². The number of rotatable bonds is 3. The van der Waals surface area contributed by atoms with E-state index < -0.39 is 11.8 Å². The van der Waals surface area contributed by atoms with Crippen LogP contribution in [0, 0.1) is 0 Å². The number of ether oxygens (including phenoxy) is 3. The van der Waals surface area contributed by atoms with Crippen LogP contribution in [-0.4, -0.2) is 26.3 Å². The number of methoxy groups -OCH3 is 1. The van der Waals surface area contributed by atoms with Crippen LogP contribution >= 0.6 is 11.3 Å². The molecular weight excluding hydrogens is 280 g/mol. The molecule has 0 aliphatic carbocycles. The molecule has 3 heterocycles. The van der Waals surface area contributed by atoms with Crippen LogP contribution < -0.4 is 0 Å². The van der Waals surface area contributed by atoms with Crippen LogP contribution in [0.3, 0.4) is 0 Å². The second-order valence-corrected chi connectivity index (χ2v) is 5.55. The average molecular weight is 294 g/mol. The summed E-state index contributed by atoms with van der Waals surface area (Å²) in [5, 5.41) is 0. The number of thiophene rings is 1. The van der Waals surface area contributed by atoms with Crippen molar-refractivity contribution in [3.8, 4) is 10.6 Å². The Bertz CT molecular complexity index is 621. The molecule has 1 fully saturated rings. The third-order valence-electron chi connectivity index (χ3n) is 3.13. The minimum atomic E-state index is -0.680. The van der Waals surface area contributed by atoms with Crippen LogP contribution in [0.1, 0.15) is 22.4 Å². The molecule has 6 heteroatoms. The largest absolute Gasteiger partial charge is 0.463 e. The standard InChI is InChI=1S/C14H14O5S/c1-14(17-7-8-18-14)12-6-5-11(20-12)9-3-4-10(19-9)13(15)16-2/h3-6H,7-8H2,1-2H3. The van der Waals surface area contributed by atoms with Crippen molar-refractivity contribution in [2.24, 2.45) is 0 Å². The van der Waals surface area contributed by atoms with Gasteiger partial charge in [0.2, 0.25) is 11.5 Å². The lowest BCUT2D eigenvalue weighted by Gasteiger charge is -2.20. The SMILES string of the molecule is COC(=O)c1ccc(-c2ccc(C3(C)OCCO3)s2)o1. The van der Waals surface area contributed by atoms with E-state index in [2.05, 4.69) is 4.74 Å². The Kier molecular flexibility index (Phi) is 3.37. The van der Waals surface area contributed by atoms with Gasteiger partial charge in [-0.2, -0.15) is 0 Å². The van der Waals surface area contributed by atoms with Gasteiger partial charge >= 0.3 is 5.97 Å². The summed E-state index contributed by atoms with van der Waals surface area (Å²) in [6.07, 6.45) is 0. The summed E-state index contributed by atoms with van der Waals surface area (Å²) in [6.45, 7) is 3.09. The first-order valence-corrected chi connectivity index (χ1v) is 7.01. The summed E-state index contributed by atoms with van der Waals surface area (Å²) in [5.74, 6) is -0.344. The second-order valence-electron chi connectivity index (χ2n) is 4.46. The van der Waals surface area contributed by atoms with Gasteiger partial charge in [-0.3, -0.25) is 0 Å². The monoisotopic (exact) mass is 294 g/mol. The van der Waals surface area contributed by atoms with E-state index >= 15 is 0 Å². The molecule has 0 bridgehead atoms. The smallest absolute Gasteiger partial charge is 0.373 e. The van der Waals surface area contributed by atoms with E-state index in [-0.39, 0.29) is 5.76 Å². The Morgan fingerprint density at radius 2 is 2.00 bits per heavy atom. The molecule has 3 rings (SSSR count). The first-order chi connectivity index (χ1) is 9.62. The summed E-state index contributed by atoms with van der Waals surface area (Å²) in [5.41, 5.74) is 0. The Balaban J connectivity index is 1.86. The summed E-state index contributed by atoms with van der Waals surface area (Å²) in [4.78, 5) is 13.3. The van der Waals surface area contributed by atoms with Gasteiger partial charge in [-0.05, 0) is 31.2 Å². The Morgan fingerprint density at radius 3 is 2.70 bits per heavy atom. The zero-order valence-electron chi connectivity index (χ0n) is 11.2. The molecule has 1 aliphatic heterocycles. The third-order valence-corrected chi connectivity index (χ3v) is 4.41. The highest BCUT2D eigenvalue weighted by molar-refractivity contribution is 7.15. The zero-order valence-corrected chi connectivity index (χ0v) is 12.0. The van der Waals surface area contributed by atoms with Crippen molar-refractivity contribution in [2.45, 2.75) is 12.7 Å². The fraction of sp³-hybridized carbons (Fsp3) is 0.357. The number of carbonyl (C=O) groups is 1. The molecule has 20 heavy (non-hydrogen) atoms. The number of furan rings is 1. The minimum absolute atomic E-state index is 0.192. The third kappa shape index (κ3) is 2.26. The van der Waals surface area contributed by atoms with Crippen LogP contribution in [0.5, 0.6) is 0 Å². The molecule has 0 saturated carbocycles. The van der Waals surface area contributed by atoms with E-state index in [0.717, 1.165) is 9.75 Å². The number of esters is 1. The maximum atomic E-state index is 11.4. The van der Waals surface area contributed by atoms with Gasteiger partial charge in [0.05, 0.1) is 30.1 Å². The molecule has 0 spiro atoms. The molecule has 5 nitrogen and oxygen atoms in total. The van der Waals surface area contributed by atoms with Gasteiger partial charge in [0, 0.05) is 0 Å². The quantitative estimate of drug-likeness (QED) is 0.814. The van der Waals surface area contributed by atoms with Crippen LogP contribution in [0.2, 0.25) is 0 Å². The molecular formula is C14H14O5S. The van der Waals surface area contributed by atoms with Crippen molar-refractivity contribution in [3.05, 3.63) is 34.9 Å². The molecule has 1 saturated heterocycles. The normalized spacial score (nSPS) is 17.3. The maximum absolute atomic E-state index is 11.4.